The van der Waals surface area contributed by atoms with E-state index in [0.717, 1.165) is 10.8 Å². The van der Waals surface area contributed by atoms with Crippen molar-refractivity contribution in [1.29, 1.82) is 0 Å². The van der Waals surface area contributed by atoms with Gasteiger partial charge in [0.1, 0.15) is 42.6 Å². The smallest absolute Gasteiger partial charge is 0.335 e. The Bertz CT molecular complexity index is 2230. The summed E-state index contributed by atoms with van der Waals surface area (Å²) in [6.45, 7) is 3.26. The molecule has 1 aromatic heterocycles. The van der Waals surface area contributed by atoms with Crippen molar-refractivity contribution in [2.45, 2.75) is 58.6 Å². The van der Waals surface area contributed by atoms with Gasteiger partial charge in [0.05, 0.1) is 32.6 Å². The maximum absolute atomic E-state index is 12.5. The van der Waals surface area contributed by atoms with E-state index in [9.17, 15) is 38.6 Å². The second kappa shape index (κ2) is 25.3. The Kier molecular flexibility index (Phi) is 21.1. The van der Waals surface area contributed by atoms with Crippen LogP contribution in [0.5, 0.6) is 11.5 Å². The number of rotatable bonds is 19. The van der Waals surface area contributed by atoms with Crippen molar-refractivity contribution < 1.29 is 62.4 Å². The Hall–Kier alpha value is -6.21. The van der Waals surface area contributed by atoms with Crippen LogP contribution in [0.2, 0.25) is 0 Å². The summed E-state index contributed by atoms with van der Waals surface area (Å²) < 4.78 is 42.4. The second-order valence-electron chi connectivity index (χ2n) is 11.6. The van der Waals surface area contributed by atoms with Gasteiger partial charge in [-0.05, 0) is 61.3 Å². The standard InChI is InChI=1S/C23H27N6O11P.C11H13N3O4.CH4/c1-2-37-19(27-28-24)13-38-16-7-3-5-14(9-16)21(31)25-8-4-6-15-11-29(23(33)26-22(15)32)20-10-17(30)18(40-20)12-39-41(34,35)36;1-2-17-10(13-14-12)7-18-9-5-3-4-8(6-9)11(15)16;/h3,5,7,9,11,17-20,30H,2,8,10,12-13H2,1H3,(H,25,31)(H,26,32,33)(H2,34,35,36);3-6,10H,2,7H2,1H3,(H,15,16);1H4/p-2. The number of benzene rings is 2. The first-order valence-electron chi connectivity index (χ1n) is 17.3. The molecule has 1 aliphatic heterocycles. The summed E-state index contributed by atoms with van der Waals surface area (Å²) in [5.74, 6) is 4.32. The number of H-pyrrole nitrogens is 1. The molecule has 1 saturated heterocycles. The third kappa shape index (κ3) is 16.9. The highest BCUT2D eigenvalue weighted by molar-refractivity contribution is 7.43. The number of aromatic amines is 1. The van der Waals surface area contributed by atoms with Gasteiger partial charge in [0.2, 0.25) is 0 Å². The molecule has 4 N–H and O–H groups in total. The fourth-order valence-electron chi connectivity index (χ4n) is 4.87. The van der Waals surface area contributed by atoms with Gasteiger partial charge in [0.25, 0.3) is 11.5 Å². The summed E-state index contributed by atoms with van der Waals surface area (Å²) in [4.78, 5) is 76.5. The monoisotopic (exact) mass is 859 g/mol. The van der Waals surface area contributed by atoms with Crippen LogP contribution >= 0.6 is 7.82 Å². The summed E-state index contributed by atoms with van der Waals surface area (Å²) in [6.07, 6.45) is -4.20. The number of aromatic nitrogens is 2. The number of hydrogen-bond acceptors (Lipinski definition) is 16. The number of ether oxygens (including phenoxy) is 5. The minimum Gasteiger partial charge on any atom is -0.790 e. The minimum atomic E-state index is -5.30. The predicted octanol–water partition coefficient (Wildman–Crippen LogP) is 1.94. The first kappa shape index (κ1) is 49.9. The van der Waals surface area contributed by atoms with Crippen LogP contribution in [-0.2, 0) is 23.3 Å². The second-order valence-corrected chi connectivity index (χ2v) is 12.7. The van der Waals surface area contributed by atoms with Crippen LogP contribution in [0.1, 0.15) is 60.2 Å². The third-order valence-electron chi connectivity index (χ3n) is 7.48. The quantitative estimate of drug-likeness (QED) is 0.0440. The van der Waals surface area contributed by atoms with Crippen molar-refractivity contribution in [3.05, 3.63) is 113 Å². The molecular weight excluding hydrogens is 817 g/mol. The van der Waals surface area contributed by atoms with Crippen molar-refractivity contribution in [1.82, 2.24) is 14.9 Å². The van der Waals surface area contributed by atoms with Crippen molar-refractivity contribution in [2.75, 3.05) is 39.6 Å². The Balaban J connectivity index is 0.000000547. The number of aliphatic hydroxyl groups excluding tert-OH is 1. The van der Waals surface area contributed by atoms with E-state index < -0.39 is 68.4 Å². The highest BCUT2D eigenvalue weighted by Crippen LogP contribution is 2.32. The zero-order valence-corrected chi connectivity index (χ0v) is 32.2. The van der Waals surface area contributed by atoms with E-state index in [1.807, 2.05) is 0 Å². The van der Waals surface area contributed by atoms with Gasteiger partial charge in [-0.25, -0.2) is 9.59 Å². The number of carbonyl (C=O) groups excluding carboxylic acids is 1. The lowest BCUT2D eigenvalue weighted by atomic mass is 10.2. The Morgan fingerprint density at radius 3 is 2.13 bits per heavy atom. The van der Waals surface area contributed by atoms with E-state index in [4.69, 9.17) is 39.9 Å². The molecule has 1 fully saturated rings. The molecule has 2 heterocycles. The van der Waals surface area contributed by atoms with Gasteiger partial charge in [0.15, 0.2) is 12.5 Å². The summed E-state index contributed by atoms with van der Waals surface area (Å²) in [5, 5.41) is 28.3. The zero-order valence-electron chi connectivity index (χ0n) is 31.3. The SMILES string of the molecule is C.CCOC(COc1cccc(C(=O)NCC#Cc2cn(C3CC(O)C(COP(=O)([O-])[O-])O3)c(=O)[nH]c2=O)c1)N=[N+]=[N-].CCOC(COc1cccc(C(=O)O)c1)N=[N+]=[N-]. The molecule has 324 valence electrons. The van der Waals surface area contributed by atoms with Crippen LogP contribution in [-0.4, -0.2) is 95.9 Å². The summed E-state index contributed by atoms with van der Waals surface area (Å²) in [5.41, 5.74) is 15.4. The van der Waals surface area contributed by atoms with Gasteiger partial charge in [0, 0.05) is 41.2 Å². The molecule has 0 saturated carbocycles. The van der Waals surface area contributed by atoms with E-state index >= 15 is 0 Å². The third-order valence-corrected chi connectivity index (χ3v) is 7.95. The minimum absolute atomic E-state index is 0. The fraction of sp³-hybridized carbons (Fsp3) is 0.429. The highest BCUT2D eigenvalue weighted by Gasteiger charge is 2.36. The Labute approximate surface area is 341 Å². The molecule has 2 aromatic carbocycles. The van der Waals surface area contributed by atoms with Gasteiger partial charge in [-0.3, -0.25) is 19.1 Å². The van der Waals surface area contributed by atoms with Crippen molar-refractivity contribution in [2.24, 2.45) is 10.2 Å². The Morgan fingerprint density at radius 2 is 1.60 bits per heavy atom. The summed E-state index contributed by atoms with van der Waals surface area (Å²) in [7, 11) is -5.30. The predicted molar refractivity (Wildman–Crippen MR) is 205 cm³/mol. The number of aromatic carboxylic acids is 1. The summed E-state index contributed by atoms with van der Waals surface area (Å²) >= 11 is 0. The van der Waals surface area contributed by atoms with Crippen molar-refractivity contribution in [3.8, 4) is 23.3 Å². The molecule has 1 aliphatic rings. The van der Waals surface area contributed by atoms with Gasteiger partial charge in [-0.1, -0.05) is 41.6 Å². The number of nitrogens with zero attached hydrogens (tertiary/aromatic N) is 7. The lowest BCUT2D eigenvalue weighted by Gasteiger charge is -2.30. The number of nitrogens with one attached hydrogen (secondary N) is 2. The molecule has 0 radical (unpaired) electrons. The molecular formula is C35H42N9O15P-2. The number of carboxylic acids is 1. The summed E-state index contributed by atoms with van der Waals surface area (Å²) in [6, 6.07) is 12.2. The first-order valence-corrected chi connectivity index (χ1v) is 18.8. The topological polar surface area (TPSA) is 358 Å². The molecule has 1 amide bonds. The van der Waals surface area contributed by atoms with Crippen molar-refractivity contribution >= 4 is 19.7 Å². The van der Waals surface area contributed by atoms with Crippen LogP contribution < -0.4 is 35.8 Å². The van der Waals surface area contributed by atoms with E-state index in [1.165, 1.54) is 24.3 Å². The van der Waals surface area contributed by atoms with Gasteiger partial charge >= 0.3 is 11.7 Å². The lowest BCUT2D eigenvalue weighted by Crippen LogP contribution is -2.34. The fourth-order valence-corrected chi connectivity index (χ4v) is 5.19. The number of hydrogen-bond donors (Lipinski definition) is 4. The highest BCUT2D eigenvalue weighted by atomic mass is 31.2. The van der Waals surface area contributed by atoms with Gasteiger partial charge in [-0.15, -0.1) is 0 Å². The number of carbonyl (C=O) groups is 2. The molecule has 60 heavy (non-hydrogen) atoms. The molecule has 24 nitrogen and oxygen atoms in total. The molecule has 5 unspecified atom stereocenters. The van der Waals surface area contributed by atoms with E-state index in [-0.39, 0.29) is 50.3 Å². The maximum Gasteiger partial charge on any atom is 0.335 e. The van der Waals surface area contributed by atoms with Crippen LogP contribution in [0.3, 0.4) is 0 Å². The number of amides is 1. The normalized spacial score (nSPS) is 16.4. The van der Waals surface area contributed by atoms with Crippen LogP contribution in [0, 0.1) is 11.8 Å². The van der Waals surface area contributed by atoms with Crippen molar-refractivity contribution in [3.63, 3.8) is 0 Å². The molecule has 0 aliphatic carbocycles. The van der Waals surface area contributed by atoms with E-state index in [2.05, 4.69) is 46.7 Å². The molecule has 4 rings (SSSR count). The maximum atomic E-state index is 12.5. The van der Waals surface area contributed by atoms with Crippen LogP contribution in [0.4, 0.5) is 0 Å². The number of azide groups is 2. The van der Waals surface area contributed by atoms with E-state index in [1.54, 1.807) is 38.1 Å². The number of phosphoric acid groups is 1. The number of phosphoric ester groups is 1. The van der Waals surface area contributed by atoms with Gasteiger partial charge < -0.3 is 58.1 Å². The zero-order chi connectivity index (χ0) is 43.4. The number of aliphatic hydroxyl groups is 1. The van der Waals surface area contributed by atoms with Gasteiger partial charge in [-0.2, -0.15) is 0 Å². The van der Waals surface area contributed by atoms with Crippen LogP contribution in [0.15, 0.2) is 74.5 Å². The lowest BCUT2D eigenvalue weighted by molar-refractivity contribution is -0.343. The molecule has 25 heteroatoms. The average Bonchev–Trinajstić information content (AvgIpc) is 3.57. The molecule has 3 aromatic rings. The molecule has 5 atom stereocenters. The number of carboxylic acid groups (broad SMARTS) is 1. The first-order chi connectivity index (χ1) is 28.2. The molecule has 0 spiro atoms. The van der Waals surface area contributed by atoms with E-state index in [0.29, 0.717) is 24.7 Å². The van der Waals surface area contributed by atoms with Crippen LogP contribution in [0.25, 0.3) is 20.9 Å². The Morgan fingerprint density at radius 1 is 1.03 bits per heavy atom. The molecule has 0 bridgehead atoms. The average molecular weight is 860 g/mol. The largest absolute Gasteiger partial charge is 0.790 e.